The number of hydrogen-bond donors (Lipinski definition) is 0. The first kappa shape index (κ1) is 9.51. The molecule has 0 aromatic rings. The molecule has 0 amide bonds. The van der Waals surface area contributed by atoms with Crippen molar-refractivity contribution >= 4 is 0 Å². The quantitative estimate of drug-likeness (QED) is 0.598. The first-order valence-corrected chi connectivity index (χ1v) is 5.76. The third kappa shape index (κ3) is 1.63. The first-order valence-electron chi connectivity index (χ1n) is 5.76. The number of rotatable bonds is 2. The lowest BCUT2D eigenvalue weighted by molar-refractivity contribution is 0.230. The Hall–Kier alpha value is -0.0400. The molecule has 76 valence electrons. The van der Waals surface area contributed by atoms with Crippen molar-refractivity contribution in [1.29, 1.82) is 0 Å². The maximum Gasteiger partial charge on any atom is 0.0875 e. The van der Waals surface area contributed by atoms with Gasteiger partial charge in [-0.1, -0.05) is 27.7 Å². The zero-order valence-electron chi connectivity index (χ0n) is 9.29. The highest BCUT2D eigenvalue weighted by atomic mass is 16.6. The maximum atomic E-state index is 5.83. The van der Waals surface area contributed by atoms with Gasteiger partial charge in [0.25, 0.3) is 0 Å². The molecular formula is C12H22O. The van der Waals surface area contributed by atoms with E-state index in [4.69, 9.17) is 4.74 Å². The lowest BCUT2D eigenvalue weighted by Gasteiger charge is -2.29. The first-order chi connectivity index (χ1) is 6.11. The predicted octanol–water partition coefficient (Wildman–Crippen LogP) is 3.09. The molecule has 1 saturated heterocycles. The van der Waals surface area contributed by atoms with Crippen molar-refractivity contribution in [3.8, 4) is 0 Å². The van der Waals surface area contributed by atoms with E-state index >= 15 is 0 Å². The molecule has 1 nitrogen and oxygen atoms in total. The van der Waals surface area contributed by atoms with E-state index in [0.29, 0.717) is 12.2 Å². The Morgan fingerprint density at radius 3 is 1.54 bits per heavy atom. The summed E-state index contributed by atoms with van der Waals surface area (Å²) in [4.78, 5) is 0. The molecule has 2 rings (SSSR count). The fourth-order valence-electron chi connectivity index (χ4n) is 2.96. The van der Waals surface area contributed by atoms with Gasteiger partial charge in [-0.15, -0.1) is 0 Å². The van der Waals surface area contributed by atoms with E-state index in [1.807, 2.05) is 0 Å². The van der Waals surface area contributed by atoms with Crippen molar-refractivity contribution in [3.05, 3.63) is 0 Å². The van der Waals surface area contributed by atoms with E-state index < -0.39 is 0 Å². The molecule has 1 heterocycles. The number of epoxide rings is 1. The Morgan fingerprint density at radius 2 is 1.23 bits per heavy atom. The molecule has 0 bridgehead atoms. The van der Waals surface area contributed by atoms with E-state index in [1.54, 1.807) is 0 Å². The van der Waals surface area contributed by atoms with Crippen LogP contribution >= 0.6 is 0 Å². The Bertz CT molecular complexity index is 166. The molecule has 2 fully saturated rings. The highest BCUT2D eigenvalue weighted by Crippen LogP contribution is 2.49. The molecule has 4 atom stereocenters. The lowest BCUT2D eigenvalue weighted by Crippen LogP contribution is -2.29. The summed E-state index contributed by atoms with van der Waals surface area (Å²) in [6.45, 7) is 9.33. The summed E-state index contributed by atoms with van der Waals surface area (Å²) in [5.41, 5.74) is 0. The smallest absolute Gasteiger partial charge is 0.0875 e. The van der Waals surface area contributed by atoms with Crippen LogP contribution in [0.25, 0.3) is 0 Å². The van der Waals surface area contributed by atoms with E-state index in [0.717, 1.165) is 23.7 Å². The third-order valence-corrected chi connectivity index (χ3v) is 3.95. The van der Waals surface area contributed by atoms with E-state index in [1.165, 1.54) is 12.8 Å². The summed E-state index contributed by atoms with van der Waals surface area (Å²) in [5, 5.41) is 0. The normalized spacial score (nSPS) is 43.8. The van der Waals surface area contributed by atoms with Gasteiger partial charge in [-0.25, -0.2) is 0 Å². The van der Waals surface area contributed by atoms with Crippen molar-refractivity contribution in [1.82, 2.24) is 0 Å². The SMILES string of the molecule is CC(C)C1CCC(C(C)C)C2OC12. The van der Waals surface area contributed by atoms with Gasteiger partial charge in [0.1, 0.15) is 0 Å². The van der Waals surface area contributed by atoms with Crippen LogP contribution in [0.5, 0.6) is 0 Å². The van der Waals surface area contributed by atoms with Gasteiger partial charge in [0.05, 0.1) is 12.2 Å². The van der Waals surface area contributed by atoms with E-state index in [9.17, 15) is 0 Å². The zero-order valence-corrected chi connectivity index (χ0v) is 9.29. The van der Waals surface area contributed by atoms with Gasteiger partial charge in [-0.2, -0.15) is 0 Å². The van der Waals surface area contributed by atoms with Crippen LogP contribution < -0.4 is 0 Å². The minimum atomic E-state index is 0.626. The maximum absolute atomic E-state index is 5.83. The Balaban J connectivity index is 1.95. The molecule has 0 spiro atoms. The largest absolute Gasteiger partial charge is 0.369 e. The monoisotopic (exact) mass is 182 g/mol. The highest BCUT2D eigenvalue weighted by Gasteiger charge is 2.53. The molecule has 4 unspecified atom stereocenters. The average molecular weight is 182 g/mol. The average Bonchev–Trinajstić information content (AvgIpc) is 2.79. The number of hydrogen-bond acceptors (Lipinski definition) is 1. The van der Waals surface area contributed by atoms with Gasteiger partial charge in [0, 0.05) is 0 Å². The summed E-state index contributed by atoms with van der Waals surface area (Å²) in [6.07, 6.45) is 4.03. The van der Waals surface area contributed by atoms with Crippen LogP contribution in [0.3, 0.4) is 0 Å². The fourth-order valence-corrected chi connectivity index (χ4v) is 2.96. The van der Waals surface area contributed by atoms with Crippen molar-refractivity contribution in [2.45, 2.75) is 52.7 Å². The van der Waals surface area contributed by atoms with Crippen LogP contribution in [0.4, 0.5) is 0 Å². The van der Waals surface area contributed by atoms with Crippen LogP contribution in [0.2, 0.25) is 0 Å². The van der Waals surface area contributed by atoms with Crippen LogP contribution in [0, 0.1) is 23.7 Å². The van der Waals surface area contributed by atoms with Gasteiger partial charge in [-0.3, -0.25) is 0 Å². The third-order valence-electron chi connectivity index (χ3n) is 3.95. The van der Waals surface area contributed by atoms with Gasteiger partial charge in [0.15, 0.2) is 0 Å². The molecule has 0 aromatic carbocycles. The molecule has 1 aliphatic heterocycles. The second-order valence-corrected chi connectivity index (χ2v) is 5.46. The number of fused-ring (bicyclic) bond motifs is 1. The molecule has 0 N–H and O–H groups in total. The van der Waals surface area contributed by atoms with Gasteiger partial charge in [-0.05, 0) is 36.5 Å². The number of ether oxygens (including phenoxy) is 1. The Labute approximate surface area is 81.9 Å². The van der Waals surface area contributed by atoms with Crippen molar-refractivity contribution in [3.63, 3.8) is 0 Å². The minimum absolute atomic E-state index is 0.626. The highest BCUT2D eigenvalue weighted by molar-refractivity contribution is 5.00. The Morgan fingerprint density at radius 1 is 0.846 bits per heavy atom. The molecule has 0 aromatic heterocycles. The van der Waals surface area contributed by atoms with Crippen LogP contribution in [0.1, 0.15) is 40.5 Å². The molecular weight excluding hydrogens is 160 g/mol. The minimum Gasteiger partial charge on any atom is -0.369 e. The van der Waals surface area contributed by atoms with E-state index in [-0.39, 0.29) is 0 Å². The second-order valence-electron chi connectivity index (χ2n) is 5.46. The predicted molar refractivity (Wildman–Crippen MR) is 54.6 cm³/mol. The fraction of sp³-hybridized carbons (Fsp3) is 1.00. The Kier molecular flexibility index (Phi) is 2.39. The topological polar surface area (TPSA) is 12.5 Å². The van der Waals surface area contributed by atoms with Crippen molar-refractivity contribution < 1.29 is 4.74 Å². The van der Waals surface area contributed by atoms with E-state index in [2.05, 4.69) is 27.7 Å². The van der Waals surface area contributed by atoms with Gasteiger partial charge < -0.3 is 4.74 Å². The van der Waals surface area contributed by atoms with Crippen LogP contribution in [-0.2, 0) is 4.74 Å². The van der Waals surface area contributed by atoms with Crippen molar-refractivity contribution in [2.75, 3.05) is 0 Å². The van der Waals surface area contributed by atoms with Crippen molar-refractivity contribution in [2.24, 2.45) is 23.7 Å². The molecule has 2 aliphatic rings. The summed E-state index contributed by atoms with van der Waals surface area (Å²) in [5.74, 6) is 3.31. The summed E-state index contributed by atoms with van der Waals surface area (Å²) < 4.78 is 5.83. The van der Waals surface area contributed by atoms with Crippen LogP contribution in [0.15, 0.2) is 0 Å². The summed E-state index contributed by atoms with van der Waals surface area (Å²) >= 11 is 0. The molecule has 1 aliphatic carbocycles. The van der Waals surface area contributed by atoms with Gasteiger partial charge >= 0.3 is 0 Å². The molecule has 1 heteroatoms. The summed E-state index contributed by atoms with van der Waals surface area (Å²) in [7, 11) is 0. The summed E-state index contributed by atoms with van der Waals surface area (Å²) in [6, 6.07) is 0. The molecule has 13 heavy (non-hydrogen) atoms. The standard InChI is InChI=1S/C12H22O/c1-7(2)9-5-6-10(8(3)4)12-11(9)13-12/h7-12H,5-6H2,1-4H3. The van der Waals surface area contributed by atoms with Gasteiger partial charge in [0.2, 0.25) is 0 Å². The second kappa shape index (κ2) is 3.27. The van der Waals surface area contributed by atoms with Crippen LogP contribution in [-0.4, -0.2) is 12.2 Å². The molecule has 1 saturated carbocycles. The lowest BCUT2D eigenvalue weighted by atomic mass is 9.73. The zero-order chi connectivity index (χ0) is 9.59. The molecule has 0 radical (unpaired) electrons.